The molecule has 2 aromatic heterocycles. The predicted octanol–water partition coefficient (Wildman–Crippen LogP) is 3.03. The summed E-state index contributed by atoms with van der Waals surface area (Å²) in [7, 11) is 0. The normalized spacial score (nSPS) is 20.9. The minimum Gasteiger partial charge on any atom is -0.389 e. The number of aliphatic hydroxyl groups is 1. The van der Waals surface area contributed by atoms with E-state index in [4.69, 9.17) is 0 Å². The van der Waals surface area contributed by atoms with E-state index in [0.717, 1.165) is 12.3 Å². The number of carbonyl (C=O) groups excluding carboxylic acids is 2. The average Bonchev–Trinajstić information content (AvgIpc) is 3.17. The van der Waals surface area contributed by atoms with Crippen molar-refractivity contribution in [3.8, 4) is 0 Å². The SMILES string of the molecule is CC(C)(O)CN1C[C@H](c2cccc(F)c2F)CC[C@@H](NC(=O)N2CCC(n3c(=O)[nH]c4ncc(F)cc43)CC2)C1=O. The summed E-state index contributed by atoms with van der Waals surface area (Å²) in [6.07, 6.45) is 2.41. The highest BCUT2D eigenvalue weighted by atomic mass is 19.2. The molecule has 3 N–H and O–H groups in total. The molecule has 3 aromatic rings. The Bertz CT molecular complexity index is 1510. The first-order valence-electron chi connectivity index (χ1n) is 13.7. The quantitative estimate of drug-likeness (QED) is 0.432. The second kappa shape index (κ2) is 11.2. The number of nitrogens with zero attached hydrogens (tertiary/aromatic N) is 4. The summed E-state index contributed by atoms with van der Waals surface area (Å²) in [5.74, 6) is -3.43. The molecule has 2 aliphatic heterocycles. The Morgan fingerprint density at radius 2 is 1.88 bits per heavy atom. The molecule has 0 aliphatic carbocycles. The molecule has 0 saturated carbocycles. The van der Waals surface area contributed by atoms with Gasteiger partial charge in [0.15, 0.2) is 17.3 Å². The zero-order valence-corrected chi connectivity index (χ0v) is 22.9. The van der Waals surface area contributed by atoms with Crippen LogP contribution in [-0.2, 0) is 4.79 Å². The number of imidazole rings is 1. The molecule has 220 valence electrons. The second-order valence-corrected chi connectivity index (χ2v) is 11.5. The highest BCUT2D eigenvalue weighted by molar-refractivity contribution is 5.87. The lowest BCUT2D eigenvalue weighted by atomic mass is 9.93. The van der Waals surface area contributed by atoms with E-state index in [9.17, 15) is 32.7 Å². The number of pyridine rings is 1. The fourth-order valence-electron chi connectivity index (χ4n) is 5.90. The predicted molar refractivity (Wildman–Crippen MR) is 144 cm³/mol. The smallest absolute Gasteiger partial charge is 0.327 e. The van der Waals surface area contributed by atoms with Crippen LogP contribution >= 0.6 is 0 Å². The van der Waals surface area contributed by atoms with Gasteiger partial charge in [-0.2, -0.15) is 0 Å². The highest BCUT2D eigenvalue weighted by Gasteiger charge is 2.37. The lowest BCUT2D eigenvalue weighted by Gasteiger charge is -2.34. The Hall–Kier alpha value is -3.87. The van der Waals surface area contributed by atoms with Crippen LogP contribution in [0.4, 0.5) is 18.0 Å². The summed E-state index contributed by atoms with van der Waals surface area (Å²) in [5, 5.41) is 13.2. The standard InChI is InChI=1S/C28H33F3N6O4/c1-28(2,41)15-36-14-16(19-4-3-5-20(30)23(19)31)6-7-21(25(36)38)33-26(39)35-10-8-18(9-11-35)37-22-12-17(29)13-32-24(22)34-27(37)40/h3-5,12-13,16,18,21,41H,6-11,14-15H2,1-2H3,(H,33,39)(H,32,34,40)/t16-,21-/m1/s1. The van der Waals surface area contributed by atoms with E-state index in [1.165, 1.54) is 27.7 Å². The van der Waals surface area contributed by atoms with Crippen LogP contribution in [0.3, 0.4) is 0 Å². The summed E-state index contributed by atoms with van der Waals surface area (Å²) in [6.45, 7) is 3.70. The number of halogens is 3. The summed E-state index contributed by atoms with van der Waals surface area (Å²) >= 11 is 0. The largest absolute Gasteiger partial charge is 0.389 e. The molecule has 10 nitrogen and oxygen atoms in total. The van der Waals surface area contributed by atoms with Gasteiger partial charge >= 0.3 is 11.7 Å². The number of urea groups is 1. The van der Waals surface area contributed by atoms with Crippen LogP contribution in [0.15, 0.2) is 35.3 Å². The van der Waals surface area contributed by atoms with E-state index in [0.29, 0.717) is 37.9 Å². The van der Waals surface area contributed by atoms with Gasteiger partial charge in [-0.3, -0.25) is 14.3 Å². The molecule has 41 heavy (non-hydrogen) atoms. The maximum atomic E-state index is 14.6. The van der Waals surface area contributed by atoms with Crippen LogP contribution in [0.25, 0.3) is 11.2 Å². The maximum absolute atomic E-state index is 14.6. The third kappa shape index (κ3) is 6.09. The van der Waals surface area contributed by atoms with Crippen molar-refractivity contribution in [3.63, 3.8) is 0 Å². The minimum atomic E-state index is -1.25. The highest BCUT2D eigenvalue weighted by Crippen LogP contribution is 2.31. The van der Waals surface area contributed by atoms with Crippen LogP contribution < -0.4 is 11.0 Å². The van der Waals surface area contributed by atoms with Gasteiger partial charge in [0, 0.05) is 44.2 Å². The van der Waals surface area contributed by atoms with E-state index in [1.807, 2.05) is 0 Å². The fourth-order valence-corrected chi connectivity index (χ4v) is 5.90. The number of carbonyl (C=O) groups is 2. The van der Waals surface area contributed by atoms with Crippen LogP contribution in [0.5, 0.6) is 0 Å². The van der Waals surface area contributed by atoms with Crippen molar-refractivity contribution < 1.29 is 27.9 Å². The Kier molecular flexibility index (Phi) is 7.82. The molecular weight excluding hydrogens is 541 g/mol. The number of likely N-dealkylation sites (tertiary alicyclic amines) is 2. The first-order valence-corrected chi connectivity index (χ1v) is 13.7. The fraction of sp³-hybridized carbons (Fsp3) is 0.500. The molecule has 2 saturated heterocycles. The molecule has 0 unspecified atom stereocenters. The van der Waals surface area contributed by atoms with E-state index >= 15 is 0 Å². The van der Waals surface area contributed by atoms with Crippen LogP contribution in [0.2, 0.25) is 0 Å². The third-order valence-corrected chi connectivity index (χ3v) is 7.81. The first kappa shape index (κ1) is 28.7. The molecule has 1 aromatic carbocycles. The molecule has 4 heterocycles. The number of H-pyrrole nitrogens is 1. The molecule has 2 fully saturated rings. The maximum Gasteiger partial charge on any atom is 0.327 e. The molecule has 2 atom stereocenters. The van der Waals surface area contributed by atoms with Crippen molar-refractivity contribution in [1.82, 2.24) is 29.7 Å². The third-order valence-electron chi connectivity index (χ3n) is 7.81. The van der Waals surface area contributed by atoms with Gasteiger partial charge in [-0.15, -0.1) is 0 Å². The number of amides is 3. The van der Waals surface area contributed by atoms with Crippen molar-refractivity contribution in [3.05, 3.63) is 64.0 Å². The number of rotatable bonds is 5. The molecule has 3 amide bonds. The van der Waals surface area contributed by atoms with Crippen molar-refractivity contribution in [2.24, 2.45) is 0 Å². The second-order valence-electron chi connectivity index (χ2n) is 11.5. The zero-order chi connectivity index (χ0) is 29.5. The molecule has 5 rings (SSSR count). The van der Waals surface area contributed by atoms with Crippen molar-refractivity contribution in [2.75, 3.05) is 26.2 Å². The van der Waals surface area contributed by atoms with E-state index in [2.05, 4.69) is 15.3 Å². The molecule has 0 radical (unpaired) electrons. The summed E-state index contributed by atoms with van der Waals surface area (Å²) in [4.78, 5) is 48.8. The lowest BCUT2D eigenvalue weighted by Crippen LogP contribution is -2.54. The number of aromatic nitrogens is 3. The van der Waals surface area contributed by atoms with Gasteiger partial charge in [0.05, 0.1) is 17.3 Å². The number of β-amino-alcohol motifs (C(OH)–C–C–N with tert-alkyl or cyclic N) is 1. The van der Waals surface area contributed by atoms with Gasteiger partial charge in [-0.05, 0) is 51.2 Å². The number of hydrogen-bond acceptors (Lipinski definition) is 5. The Morgan fingerprint density at radius 3 is 2.59 bits per heavy atom. The van der Waals surface area contributed by atoms with E-state index < -0.39 is 52.6 Å². The monoisotopic (exact) mass is 574 g/mol. The number of nitrogens with one attached hydrogen (secondary N) is 2. The van der Waals surface area contributed by atoms with Crippen LogP contribution in [0, 0.1) is 17.5 Å². The summed E-state index contributed by atoms with van der Waals surface area (Å²) < 4.78 is 43.9. The topological polar surface area (TPSA) is 124 Å². The number of aromatic amines is 1. The minimum absolute atomic E-state index is 0.0497. The number of hydrogen-bond donors (Lipinski definition) is 3. The first-order chi connectivity index (χ1) is 19.4. The van der Waals surface area contributed by atoms with Crippen molar-refractivity contribution in [2.45, 2.75) is 63.1 Å². The number of benzene rings is 1. The van der Waals surface area contributed by atoms with Crippen LogP contribution in [0.1, 0.15) is 57.1 Å². The lowest BCUT2D eigenvalue weighted by molar-refractivity contribution is -0.135. The van der Waals surface area contributed by atoms with Gasteiger partial charge in [-0.1, -0.05) is 12.1 Å². The Balaban J connectivity index is 1.28. The summed E-state index contributed by atoms with van der Waals surface area (Å²) in [5.41, 5.74) is -0.856. The zero-order valence-electron chi connectivity index (χ0n) is 22.9. The van der Waals surface area contributed by atoms with Crippen LogP contribution in [-0.4, -0.2) is 79.2 Å². The van der Waals surface area contributed by atoms with Gasteiger partial charge in [0.2, 0.25) is 5.91 Å². The van der Waals surface area contributed by atoms with E-state index in [1.54, 1.807) is 18.7 Å². The molecule has 2 aliphatic rings. The van der Waals surface area contributed by atoms with Gasteiger partial charge < -0.3 is 20.2 Å². The molecule has 0 bridgehead atoms. The van der Waals surface area contributed by atoms with Gasteiger partial charge in [0.1, 0.15) is 11.9 Å². The molecular formula is C28H33F3N6O4. The number of fused-ring (bicyclic) bond motifs is 1. The molecule has 0 spiro atoms. The Morgan fingerprint density at radius 1 is 1.15 bits per heavy atom. The molecule has 13 heteroatoms. The number of piperidine rings is 1. The van der Waals surface area contributed by atoms with Crippen molar-refractivity contribution >= 4 is 23.1 Å². The Labute approximate surface area is 234 Å². The van der Waals surface area contributed by atoms with E-state index in [-0.39, 0.29) is 36.8 Å². The van der Waals surface area contributed by atoms with Gasteiger partial charge in [0.25, 0.3) is 0 Å². The average molecular weight is 575 g/mol. The van der Waals surface area contributed by atoms with Gasteiger partial charge in [-0.25, -0.2) is 27.7 Å². The summed E-state index contributed by atoms with van der Waals surface area (Å²) in [6, 6.07) is 3.54. The van der Waals surface area contributed by atoms with Crippen molar-refractivity contribution in [1.29, 1.82) is 0 Å².